The first kappa shape index (κ1) is 11.1. The van der Waals surface area contributed by atoms with Crippen LogP contribution in [0.25, 0.3) is 0 Å². The zero-order valence-corrected chi connectivity index (χ0v) is 10.5. The van der Waals surface area contributed by atoms with Gasteiger partial charge in [0.05, 0.1) is 17.3 Å². The number of hydrogen-bond donors (Lipinski definition) is 0. The van der Waals surface area contributed by atoms with E-state index in [1.54, 1.807) is 0 Å². The van der Waals surface area contributed by atoms with Gasteiger partial charge in [-0.2, -0.15) is 0 Å². The van der Waals surface area contributed by atoms with Crippen molar-refractivity contribution in [1.29, 1.82) is 0 Å². The molecule has 0 aromatic rings. The Morgan fingerprint density at radius 1 is 1.29 bits per heavy atom. The lowest BCUT2D eigenvalue weighted by molar-refractivity contribution is -0.138. The lowest BCUT2D eigenvalue weighted by Crippen LogP contribution is -2.23. The van der Waals surface area contributed by atoms with E-state index in [0.717, 1.165) is 17.6 Å². The summed E-state index contributed by atoms with van der Waals surface area (Å²) in [5.74, 6) is 2.28. The predicted octanol–water partition coefficient (Wildman–Crippen LogP) is 2.72. The first-order chi connectivity index (χ1) is 6.66. The molecule has 0 aromatic heterocycles. The SMILES string of the molecule is CC1(C)OCC(CC2SCCCS2)O1. The summed E-state index contributed by atoms with van der Waals surface area (Å²) in [5.41, 5.74) is 0. The van der Waals surface area contributed by atoms with Crippen molar-refractivity contribution in [3.8, 4) is 0 Å². The van der Waals surface area contributed by atoms with E-state index >= 15 is 0 Å². The van der Waals surface area contributed by atoms with Crippen molar-refractivity contribution in [1.82, 2.24) is 0 Å². The van der Waals surface area contributed by atoms with Crippen molar-refractivity contribution in [3.05, 3.63) is 0 Å². The number of rotatable bonds is 2. The Hall–Kier alpha value is 0.620. The van der Waals surface area contributed by atoms with Crippen LogP contribution in [-0.4, -0.2) is 34.6 Å². The maximum Gasteiger partial charge on any atom is 0.163 e. The average molecular weight is 234 g/mol. The lowest BCUT2D eigenvalue weighted by Gasteiger charge is -2.23. The Labute approximate surface area is 94.5 Å². The van der Waals surface area contributed by atoms with Gasteiger partial charge in [-0.25, -0.2) is 0 Å². The van der Waals surface area contributed by atoms with Gasteiger partial charge >= 0.3 is 0 Å². The Bertz CT molecular complexity index is 191. The van der Waals surface area contributed by atoms with Gasteiger partial charge in [0.15, 0.2) is 5.79 Å². The minimum atomic E-state index is -0.353. The van der Waals surface area contributed by atoms with Crippen LogP contribution >= 0.6 is 23.5 Å². The van der Waals surface area contributed by atoms with E-state index in [-0.39, 0.29) is 5.79 Å². The highest BCUT2D eigenvalue weighted by atomic mass is 32.2. The van der Waals surface area contributed by atoms with Crippen LogP contribution in [0.5, 0.6) is 0 Å². The zero-order chi connectivity index (χ0) is 10.0. The molecule has 2 fully saturated rings. The van der Waals surface area contributed by atoms with Crippen molar-refractivity contribution in [2.24, 2.45) is 0 Å². The monoisotopic (exact) mass is 234 g/mol. The highest BCUT2D eigenvalue weighted by molar-refractivity contribution is 8.17. The molecule has 2 rings (SSSR count). The third kappa shape index (κ3) is 3.05. The summed E-state index contributed by atoms with van der Waals surface area (Å²) in [7, 11) is 0. The minimum absolute atomic E-state index is 0.313. The molecule has 0 saturated carbocycles. The van der Waals surface area contributed by atoms with E-state index < -0.39 is 0 Å². The molecule has 2 saturated heterocycles. The molecule has 0 spiro atoms. The largest absolute Gasteiger partial charge is 0.348 e. The Morgan fingerprint density at radius 3 is 2.57 bits per heavy atom. The van der Waals surface area contributed by atoms with E-state index in [0.29, 0.717) is 6.10 Å². The van der Waals surface area contributed by atoms with Crippen molar-refractivity contribution < 1.29 is 9.47 Å². The summed E-state index contributed by atoms with van der Waals surface area (Å²) in [6.45, 7) is 4.76. The number of hydrogen-bond acceptors (Lipinski definition) is 4. The highest BCUT2D eigenvalue weighted by Gasteiger charge is 2.34. The molecule has 0 radical (unpaired) electrons. The molecule has 2 aliphatic rings. The summed E-state index contributed by atoms with van der Waals surface area (Å²) >= 11 is 4.16. The fraction of sp³-hybridized carbons (Fsp3) is 1.00. The molecule has 82 valence electrons. The third-order valence-electron chi connectivity index (χ3n) is 2.42. The summed E-state index contributed by atoms with van der Waals surface area (Å²) in [4.78, 5) is 0. The van der Waals surface area contributed by atoms with Crippen LogP contribution in [0.1, 0.15) is 26.7 Å². The van der Waals surface area contributed by atoms with Crippen molar-refractivity contribution in [2.45, 2.75) is 43.2 Å². The maximum atomic E-state index is 5.80. The fourth-order valence-electron chi connectivity index (χ4n) is 1.77. The highest BCUT2D eigenvalue weighted by Crippen LogP contribution is 2.36. The van der Waals surface area contributed by atoms with Gasteiger partial charge in [-0.3, -0.25) is 0 Å². The second kappa shape index (κ2) is 4.64. The predicted molar refractivity (Wildman–Crippen MR) is 62.8 cm³/mol. The van der Waals surface area contributed by atoms with Gasteiger partial charge in [-0.05, 0) is 38.2 Å². The van der Waals surface area contributed by atoms with Gasteiger partial charge in [0.2, 0.25) is 0 Å². The average Bonchev–Trinajstić information content (AvgIpc) is 2.47. The van der Waals surface area contributed by atoms with E-state index in [2.05, 4.69) is 23.5 Å². The molecule has 0 bridgehead atoms. The Kier molecular flexibility index (Phi) is 3.68. The first-order valence-electron chi connectivity index (χ1n) is 5.21. The van der Waals surface area contributed by atoms with Crippen LogP contribution in [-0.2, 0) is 9.47 Å². The van der Waals surface area contributed by atoms with Gasteiger partial charge in [-0.1, -0.05) is 0 Å². The van der Waals surface area contributed by atoms with Gasteiger partial charge in [-0.15, -0.1) is 23.5 Å². The number of thioether (sulfide) groups is 2. The van der Waals surface area contributed by atoms with Gasteiger partial charge in [0.25, 0.3) is 0 Å². The van der Waals surface area contributed by atoms with Crippen LogP contribution in [0.2, 0.25) is 0 Å². The van der Waals surface area contributed by atoms with Crippen LogP contribution in [0.4, 0.5) is 0 Å². The molecule has 2 aliphatic heterocycles. The topological polar surface area (TPSA) is 18.5 Å². The van der Waals surface area contributed by atoms with Crippen molar-refractivity contribution >= 4 is 23.5 Å². The Morgan fingerprint density at radius 2 is 2.00 bits per heavy atom. The molecule has 14 heavy (non-hydrogen) atoms. The second-order valence-corrected chi connectivity index (χ2v) is 7.13. The summed E-state index contributed by atoms with van der Waals surface area (Å²) in [6, 6.07) is 0. The van der Waals surface area contributed by atoms with Gasteiger partial charge in [0.1, 0.15) is 0 Å². The van der Waals surface area contributed by atoms with E-state index in [1.165, 1.54) is 17.9 Å². The normalized spacial score (nSPS) is 33.4. The Balaban J connectivity index is 1.75. The fourth-order valence-corrected chi connectivity index (χ4v) is 4.76. The number of ether oxygens (including phenoxy) is 2. The van der Waals surface area contributed by atoms with Crippen LogP contribution in [0.3, 0.4) is 0 Å². The quantitative estimate of drug-likeness (QED) is 0.731. The van der Waals surface area contributed by atoms with E-state index in [1.807, 2.05) is 13.8 Å². The van der Waals surface area contributed by atoms with E-state index in [4.69, 9.17) is 9.47 Å². The summed E-state index contributed by atoms with van der Waals surface area (Å²) in [6.07, 6.45) is 2.81. The van der Waals surface area contributed by atoms with Crippen LogP contribution in [0, 0.1) is 0 Å². The standard InChI is InChI=1S/C10H18O2S2/c1-10(2)11-7-8(12-10)6-9-13-4-3-5-14-9/h8-9H,3-7H2,1-2H3. The van der Waals surface area contributed by atoms with Gasteiger partial charge in [0, 0.05) is 0 Å². The molecule has 1 atom stereocenters. The molecule has 4 heteroatoms. The molecular weight excluding hydrogens is 216 g/mol. The second-order valence-electron chi connectivity index (χ2n) is 4.21. The molecule has 2 heterocycles. The van der Waals surface area contributed by atoms with Gasteiger partial charge < -0.3 is 9.47 Å². The molecular formula is C10H18O2S2. The van der Waals surface area contributed by atoms with Crippen LogP contribution < -0.4 is 0 Å². The maximum absolute atomic E-state index is 5.80. The molecule has 0 N–H and O–H groups in total. The van der Waals surface area contributed by atoms with Crippen LogP contribution in [0.15, 0.2) is 0 Å². The third-order valence-corrected chi connectivity index (χ3v) is 5.41. The van der Waals surface area contributed by atoms with Crippen molar-refractivity contribution in [2.75, 3.05) is 18.1 Å². The molecule has 0 aliphatic carbocycles. The first-order valence-corrected chi connectivity index (χ1v) is 7.30. The summed E-state index contributed by atoms with van der Waals surface area (Å²) in [5, 5.41) is 0. The molecule has 2 nitrogen and oxygen atoms in total. The minimum Gasteiger partial charge on any atom is -0.348 e. The summed E-state index contributed by atoms with van der Waals surface area (Å²) < 4.78 is 12.1. The lowest BCUT2D eigenvalue weighted by atomic mass is 10.3. The smallest absolute Gasteiger partial charge is 0.163 e. The molecule has 0 aromatic carbocycles. The zero-order valence-electron chi connectivity index (χ0n) is 8.82. The molecule has 0 amide bonds. The molecule has 1 unspecified atom stereocenters. The van der Waals surface area contributed by atoms with Crippen molar-refractivity contribution in [3.63, 3.8) is 0 Å². The van der Waals surface area contributed by atoms with E-state index in [9.17, 15) is 0 Å².